The van der Waals surface area contributed by atoms with Gasteiger partial charge in [0.2, 0.25) is 0 Å². The number of fused-ring (bicyclic) bond motifs is 1. The SMILES string of the molecule is COC(=O)c1cc(Cl)ccc1NC1=CCC2C(=C1)C=CN2Cc1cccc(OCCN2CCOCC2)c1. The van der Waals surface area contributed by atoms with Crippen LogP contribution in [-0.4, -0.2) is 68.4 Å². The maximum Gasteiger partial charge on any atom is 0.340 e. The monoisotopic (exact) mass is 521 g/mol. The number of hydrogen-bond acceptors (Lipinski definition) is 7. The van der Waals surface area contributed by atoms with E-state index in [0.29, 0.717) is 22.9 Å². The van der Waals surface area contributed by atoms with E-state index in [1.54, 1.807) is 18.2 Å². The van der Waals surface area contributed by atoms with Crippen LogP contribution in [0.25, 0.3) is 0 Å². The number of rotatable bonds is 9. The highest BCUT2D eigenvalue weighted by Gasteiger charge is 2.26. The Labute approximate surface area is 222 Å². The third kappa shape index (κ3) is 6.36. The number of allylic oxidation sites excluding steroid dienone is 1. The van der Waals surface area contributed by atoms with Gasteiger partial charge in [0.25, 0.3) is 0 Å². The van der Waals surface area contributed by atoms with E-state index >= 15 is 0 Å². The van der Waals surface area contributed by atoms with Gasteiger partial charge in [-0.3, -0.25) is 4.90 Å². The Hall–Kier alpha value is -3.26. The number of nitrogens with one attached hydrogen (secondary N) is 1. The molecule has 7 nitrogen and oxygen atoms in total. The zero-order valence-electron chi connectivity index (χ0n) is 21.0. The number of carbonyl (C=O) groups excluding carboxylic acids is 1. The lowest BCUT2D eigenvalue weighted by Crippen LogP contribution is -2.38. The summed E-state index contributed by atoms with van der Waals surface area (Å²) in [5.74, 6) is 0.482. The second-order valence-corrected chi connectivity index (χ2v) is 9.74. The summed E-state index contributed by atoms with van der Waals surface area (Å²) < 4.78 is 16.4. The molecule has 0 radical (unpaired) electrons. The molecule has 1 atom stereocenters. The molecule has 1 unspecified atom stereocenters. The quantitative estimate of drug-likeness (QED) is 0.473. The van der Waals surface area contributed by atoms with Crippen LogP contribution in [0.15, 0.2) is 78.2 Å². The van der Waals surface area contributed by atoms with Gasteiger partial charge < -0.3 is 24.4 Å². The number of anilines is 1. The fourth-order valence-corrected chi connectivity index (χ4v) is 5.02. The third-order valence-electron chi connectivity index (χ3n) is 6.84. The first kappa shape index (κ1) is 25.4. The highest BCUT2D eigenvalue weighted by atomic mass is 35.5. The van der Waals surface area contributed by atoms with E-state index in [-0.39, 0.29) is 6.04 Å². The second kappa shape index (κ2) is 11.9. The molecule has 0 spiro atoms. The first-order valence-corrected chi connectivity index (χ1v) is 13.0. The van der Waals surface area contributed by atoms with Gasteiger partial charge in [0.05, 0.1) is 37.6 Å². The molecule has 1 N–H and O–H groups in total. The number of nitrogens with zero attached hydrogens (tertiary/aromatic N) is 2. The van der Waals surface area contributed by atoms with E-state index in [9.17, 15) is 4.79 Å². The molecule has 0 amide bonds. The highest BCUT2D eigenvalue weighted by molar-refractivity contribution is 6.31. The molecule has 2 aromatic carbocycles. The van der Waals surface area contributed by atoms with Crippen molar-refractivity contribution in [1.82, 2.24) is 9.80 Å². The molecule has 37 heavy (non-hydrogen) atoms. The lowest BCUT2D eigenvalue weighted by Gasteiger charge is -2.29. The molecular weight excluding hydrogens is 490 g/mol. The Morgan fingerprint density at radius 3 is 2.89 bits per heavy atom. The summed E-state index contributed by atoms with van der Waals surface area (Å²) in [5, 5.41) is 3.85. The van der Waals surface area contributed by atoms with Crippen LogP contribution in [0, 0.1) is 0 Å². The fourth-order valence-electron chi connectivity index (χ4n) is 4.85. The number of carbonyl (C=O) groups is 1. The second-order valence-electron chi connectivity index (χ2n) is 9.30. The average Bonchev–Trinajstić information content (AvgIpc) is 3.32. The van der Waals surface area contributed by atoms with Crippen LogP contribution in [0.1, 0.15) is 22.3 Å². The zero-order chi connectivity index (χ0) is 25.6. The van der Waals surface area contributed by atoms with Crippen molar-refractivity contribution in [3.05, 3.63) is 94.3 Å². The molecule has 194 valence electrons. The lowest BCUT2D eigenvalue weighted by molar-refractivity contribution is 0.0322. The maximum atomic E-state index is 12.2. The molecular formula is C29H32ClN3O4. The first-order chi connectivity index (χ1) is 18.1. The molecule has 0 saturated carbocycles. The predicted molar refractivity (Wildman–Crippen MR) is 145 cm³/mol. The normalized spacial score (nSPS) is 19.2. The van der Waals surface area contributed by atoms with Gasteiger partial charge in [-0.2, -0.15) is 0 Å². The molecule has 0 aromatic heterocycles. The van der Waals surface area contributed by atoms with Crippen molar-refractivity contribution in [3.63, 3.8) is 0 Å². The topological polar surface area (TPSA) is 63.3 Å². The summed E-state index contributed by atoms with van der Waals surface area (Å²) in [6.07, 6.45) is 9.46. The van der Waals surface area contributed by atoms with Crippen LogP contribution in [0.4, 0.5) is 5.69 Å². The van der Waals surface area contributed by atoms with Crippen LogP contribution in [0.5, 0.6) is 5.75 Å². The summed E-state index contributed by atoms with van der Waals surface area (Å²) in [4.78, 5) is 16.9. The van der Waals surface area contributed by atoms with Crippen LogP contribution in [0.3, 0.4) is 0 Å². The maximum absolute atomic E-state index is 12.2. The Bertz CT molecular complexity index is 1220. The number of ether oxygens (including phenoxy) is 3. The molecule has 2 heterocycles. The van der Waals surface area contributed by atoms with Gasteiger partial charge >= 0.3 is 5.97 Å². The number of morpholine rings is 1. The number of esters is 1. The van der Waals surface area contributed by atoms with Gasteiger partial charge in [-0.25, -0.2) is 4.79 Å². The van der Waals surface area contributed by atoms with E-state index in [0.717, 1.165) is 57.3 Å². The molecule has 1 fully saturated rings. The predicted octanol–water partition coefficient (Wildman–Crippen LogP) is 4.86. The summed E-state index contributed by atoms with van der Waals surface area (Å²) >= 11 is 6.09. The number of methoxy groups -OCH3 is 1. The molecule has 2 aliphatic heterocycles. The zero-order valence-corrected chi connectivity index (χ0v) is 21.7. The van der Waals surface area contributed by atoms with Crippen LogP contribution >= 0.6 is 11.6 Å². The van der Waals surface area contributed by atoms with Crippen molar-refractivity contribution < 1.29 is 19.0 Å². The lowest BCUT2D eigenvalue weighted by atomic mass is 9.98. The van der Waals surface area contributed by atoms with Crippen molar-refractivity contribution >= 4 is 23.3 Å². The first-order valence-electron chi connectivity index (χ1n) is 12.6. The minimum atomic E-state index is -0.425. The summed E-state index contributed by atoms with van der Waals surface area (Å²) in [6.45, 7) is 5.95. The van der Waals surface area contributed by atoms with E-state index in [1.807, 2.05) is 6.07 Å². The Kier molecular flexibility index (Phi) is 8.14. The molecule has 2 aromatic rings. The largest absolute Gasteiger partial charge is 0.492 e. The Balaban J connectivity index is 1.17. The van der Waals surface area contributed by atoms with Crippen LogP contribution < -0.4 is 10.1 Å². The van der Waals surface area contributed by atoms with E-state index in [2.05, 4.69) is 57.7 Å². The van der Waals surface area contributed by atoms with Crippen molar-refractivity contribution in [2.75, 3.05) is 51.9 Å². The molecule has 1 aliphatic carbocycles. The van der Waals surface area contributed by atoms with Crippen LogP contribution in [0.2, 0.25) is 5.02 Å². The van der Waals surface area contributed by atoms with Crippen molar-refractivity contribution in [2.24, 2.45) is 0 Å². The van der Waals surface area contributed by atoms with Gasteiger partial charge in [-0.05, 0) is 60.0 Å². The van der Waals surface area contributed by atoms with Gasteiger partial charge in [-0.15, -0.1) is 0 Å². The van der Waals surface area contributed by atoms with Gasteiger partial charge in [0.1, 0.15) is 12.4 Å². The fraction of sp³-hybridized carbons (Fsp3) is 0.345. The highest BCUT2D eigenvalue weighted by Crippen LogP contribution is 2.32. The van der Waals surface area contributed by atoms with Crippen molar-refractivity contribution in [2.45, 2.75) is 19.0 Å². The minimum absolute atomic E-state index is 0.279. The van der Waals surface area contributed by atoms with E-state index in [4.69, 9.17) is 25.8 Å². The molecule has 8 heteroatoms. The number of benzene rings is 2. The van der Waals surface area contributed by atoms with E-state index < -0.39 is 5.97 Å². The molecule has 5 rings (SSSR count). The Morgan fingerprint density at radius 1 is 1.19 bits per heavy atom. The number of hydrogen-bond donors (Lipinski definition) is 1. The standard InChI is InChI=1S/C29H32ClN3O4/c1-35-29(34)26-19-23(30)5-7-27(26)31-24-6-8-28-22(18-24)9-10-33(28)20-21-3-2-4-25(17-21)37-16-13-32-11-14-36-15-12-32/h2-7,9-10,17-19,28,31H,8,11-16,20H2,1H3. The van der Waals surface area contributed by atoms with Crippen LogP contribution in [-0.2, 0) is 16.0 Å². The summed E-state index contributed by atoms with van der Waals surface area (Å²) in [7, 11) is 1.37. The minimum Gasteiger partial charge on any atom is -0.492 e. The summed E-state index contributed by atoms with van der Waals surface area (Å²) in [6, 6.07) is 13.8. The Morgan fingerprint density at radius 2 is 2.05 bits per heavy atom. The number of halogens is 1. The van der Waals surface area contributed by atoms with Gasteiger partial charge in [0, 0.05) is 43.1 Å². The van der Waals surface area contributed by atoms with Crippen molar-refractivity contribution in [1.29, 1.82) is 0 Å². The van der Waals surface area contributed by atoms with Crippen molar-refractivity contribution in [3.8, 4) is 5.75 Å². The van der Waals surface area contributed by atoms with Gasteiger partial charge in [0.15, 0.2) is 0 Å². The molecule has 3 aliphatic rings. The van der Waals surface area contributed by atoms with Gasteiger partial charge in [-0.1, -0.05) is 29.8 Å². The van der Waals surface area contributed by atoms with E-state index in [1.165, 1.54) is 18.2 Å². The third-order valence-corrected chi connectivity index (χ3v) is 7.07. The molecule has 0 bridgehead atoms. The average molecular weight is 522 g/mol. The smallest absolute Gasteiger partial charge is 0.340 e. The summed E-state index contributed by atoms with van der Waals surface area (Å²) in [5.41, 5.74) is 4.47. The molecule has 1 saturated heterocycles.